The van der Waals surface area contributed by atoms with Crippen molar-refractivity contribution in [3.05, 3.63) is 23.7 Å². The smallest absolute Gasteiger partial charge is 0.310 e. The van der Waals surface area contributed by atoms with Crippen LogP contribution >= 0.6 is 0 Å². The molecule has 0 saturated carbocycles. The SMILES string of the molecule is CCOC(=O)C1CCCN(C(=O)c2occc2C)C1. The van der Waals surface area contributed by atoms with Crippen molar-refractivity contribution in [2.24, 2.45) is 5.92 Å². The molecule has 1 aliphatic heterocycles. The van der Waals surface area contributed by atoms with Gasteiger partial charge in [-0.3, -0.25) is 9.59 Å². The van der Waals surface area contributed by atoms with Gasteiger partial charge in [0.2, 0.25) is 0 Å². The summed E-state index contributed by atoms with van der Waals surface area (Å²) in [5.74, 6) is -0.204. The number of likely N-dealkylation sites (tertiary alicyclic amines) is 1. The van der Waals surface area contributed by atoms with Gasteiger partial charge >= 0.3 is 5.97 Å². The van der Waals surface area contributed by atoms with Crippen molar-refractivity contribution >= 4 is 11.9 Å². The predicted molar refractivity (Wildman–Crippen MR) is 68.7 cm³/mol. The maximum Gasteiger partial charge on any atom is 0.310 e. The lowest BCUT2D eigenvalue weighted by molar-refractivity contribution is -0.149. The summed E-state index contributed by atoms with van der Waals surface area (Å²) in [4.78, 5) is 25.7. The lowest BCUT2D eigenvalue weighted by atomic mass is 9.98. The average Bonchev–Trinajstić information content (AvgIpc) is 2.84. The molecule has 1 amide bonds. The van der Waals surface area contributed by atoms with E-state index in [4.69, 9.17) is 9.15 Å². The molecule has 5 heteroatoms. The lowest BCUT2D eigenvalue weighted by Gasteiger charge is -2.31. The number of esters is 1. The number of furan rings is 1. The van der Waals surface area contributed by atoms with E-state index in [1.807, 2.05) is 6.92 Å². The van der Waals surface area contributed by atoms with Gasteiger partial charge < -0.3 is 14.1 Å². The number of carbonyl (C=O) groups is 2. The second-order valence-electron chi connectivity index (χ2n) is 4.78. The molecule has 1 atom stereocenters. The van der Waals surface area contributed by atoms with Gasteiger partial charge in [0.15, 0.2) is 5.76 Å². The van der Waals surface area contributed by atoms with Crippen LogP contribution in [0.1, 0.15) is 35.9 Å². The molecule has 0 spiro atoms. The van der Waals surface area contributed by atoms with Crippen molar-refractivity contribution < 1.29 is 18.7 Å². The van der Waals surface area contributed by atoms with Gasteiger partial charge in [0.25, 0.3) is 5.91 Å². The Morgan fingerprint density at radius 2 is 2.32 bits per heavy atom. The average molecular weight is 265 g/mol. The number of aryl methyl sites for hydroxylation is 1. The topological polar surface area (TPSA) is 59.8 Å². The summed E-state index contributed by atoms with van der Waals surface area (Å²) in [6.07, 6.45) is 3.10. The molecule has 1 unspecified atom stereocenters. The molecule has 0 N–H and O–H groups in total. The fraction of sp³-hybridized carbons (Fsp3) is 0.571. The van der Waals surface area contributed by atoms with Crippen molar-refractivity contribution in [3.63, 3.8) is 0 Å². The molecule has 5 nitrogen and oxygen atoms in total. The standard InChI is InChI=1S/C14H19NO4/c1-3-18-14(17)11-5-4-7-15(9-11)13(16)12-10(2)6-8-19-12/h6,8,11H,3-5,7,9H2,1-2H3. The fourth-order valence-corrected chi connectivity index (χ4v) is 2.35. The summed E-state index contributed by atoms with van der Waals surface area (Å²) >= 11 is 0. The Morgan fingerprint density at radius 1 is 1.53 bits per heavy atom. The second-order valence-corrected chi connectivity index (χ2v) is 4.78. The number of ether oxygens (including phenoxy) is 1. The van der Waals surface area contributed by atoms with Crippen LogP contribution < -0.4 is 0 Å². The minimum absolute atomic E-state index is 0.142. The summed E-state index contributed by atoms with van der Waals surface area (Å²) in [6.45, 7) is 5.08. The third-order valence-corrected chi connectivity index (χ3v) is 3.38. The molecule has 0 aromatic carbocycles. The van der Waals surface area contributed by atoms with Crippen molar-refractivity contribution in [3.8, 4) is 0 Å². The number of nitrogens with zero attached hydrogens (tertiary/aromatic N) is 1. The first-order chi connectivity index (χ1) is 9.13. The van der Waals surface area contributed by atoms with E-state index < -0.39 is 0 Å². The van der Waals surface area contributed by atoms with Crippen LogP contribution in [-0.4, -0.2) is 36.5 Å². The fourth-order valence-electron chi connectivity index (χ4n) is 2.35. The highest BCUT2D eigenvalue weighted by molar-refractivity contribution is 5.93. The van der Waals surface area contributed by atoms with Crippen LogP contribution in [0.15, 0.2) is 16.7 Å². The number of hydrogen-bond donors (Lipinski definition) is 0. The molecule has 2 heterocycles. The maximum absolute atomic E-state index is 12.3. The van der Waals surface area contributed by atoms with Gasteiger partial charge in [0, 0.05) is 18.7 Å². The second kappa shape index (κ2) is 5.91. The monoisotopic (exact) mass is 265 g/mol. The molecule has 1 aromatic heterocycles. The highest BCUT2D eigenvalue weighted by Gasteiger charge is 2.31. The van der Waals surface area contributed by atoms with Crippen molar-refractivity contribution in [1.82, 2.24) is 4.90 Å². The van der Waals surface area contributed by atoms with Crippen LogP contribution in [0.5, 0.6) is 0 Å². The van der Waals surface area contributed by atoms with E-state index in [0.29, 0.717) is 25.5 Å². The molecule has 104 valence electrons. The van der Waals surface area contributed by atoms with Gasteiger partial charge in [-0.1, -0.05) is 0 Å². The Balaban J connectivity index is 2.03. The number of amides is 1. The first-order valence-electron chi connectivity index (χ1n) is 6.63. The normalized spacial score (nSPS) is 19.3. The van der Waals surface area contributed by atoms with Crippen molar-refractivity contribution in [2.75, 3.05) is 19.7 Å². The summed E-state index contributed by atoms with van der Waals surface area (Å²) in [5.41, 5.74) is 0.822. The number of hydrogen-bond acceptors (Lipinski definition) is 4. The van der Waals surface area contributed by atoms with Gasteiger partial charge in [0.05, 0.1) is 18.8 Å². The van der Waals surface area contributed by atoms with Crippen LogP contribution in [0.2, 0.25) is 0 Å². The van der Waals surface area contributed by atoms with E-state index in [1.54, 1.807) is 17.9 Å². The van der Waals surface area contributed by atoms with Crippen LogP contribution in [0.4, 0.5) is 0 Å². The van der Waals surface area contributed by atoms with Crippen LogP contribution in [0, 0.1) is 12.8 Å². The highest BCUT2D eigenvalue weighted by atomic mass is 16.5. The maximum atomic E-state index is 12.3. The first-order valence-corrected chi connectivity index (χ1v) is 6.63. The predicted octanol–water partition coefficient (Wildman–Crippen LogP) is 2.00. The molecule has 0 aliphatic carbocycles. The minimum Gasteiger partial charge on any atom is -0.466 e. The van der Waals surface area contributed by atoms with Crippen LogP contribution in [-0.2, 0) is 9.53 Å². The molecule has 2 rings (SSSR count). The van der Waals surface area contributed by atoms with E-state index >= 15 is 0 Å². The van der Waals surface area contributed by atoms with Gasteiger partial charge in [0.1, 0.15) is 0 Å². The molecular weight excluding hydrogens is 246 g/mol. The van der Waals surface area contributed by atoms with E-state index in [1.165, 1.54) is 6.26 Å². The number of piperidine rings is 1. The Bertz CT molecular complexity index is 466. The molecular formula is C14H19NO4. The number of rotatable bonds is 3. The van der Waals surface area contributed by atoms with E-state index in [0.717, 1.165) is 18.4 Å². The van der Waals surface area contributed by atoms with Crippen molar-refractivity contribution in [1.29, 1.82) is 0 Å². The van der Waals surface area contributed by atoms with Gasteiger partial charge in [-0.15, -0.1) is 0 Å². The van der Waals surface area contributed by atoms with E-state index in [-0.39, 0.29) is 17.8 Å². The van der Waals surface area contributed by atoms with E-state index in [9.17, 15) is 9.59 Å². The van der Waals surface area contributed by atoms with Crippen LogP contribution in [0.25, 0.3) is 0 Å². The van der Waals surface area contributed by atoms with Gasteiger partial charge in [-0.2, -0.15) is 0 Å². The summed E-state index contributed by atoms with van der Waals surface area (Å²) in [7, 11) is 0. The largest absolute Gasteiger partial charge is 0.466 e. The Labute approximate surface area is 112 Å². The summed E-state index contributed by atoms with van der Waals surface area (Å²) < 4.78 is 10.2. The Morgan fingerprint density at radius 3 is 2.95 bits per heavy atom. The first kappa shape index (κ1) is 13.6. The molecule has 1 aromatic rings. The molecule has 0 bridgehead atoms. The summed E-state index contributed by atoms with van der Waals surface area (Å²) in [5, 5.41) is 0. The molecule has 1 fully saturated rings. The Kier molecular flexibility index (Phi) is 4.24. The summed E-state index contributed by atoms with van der Waals surface area (Å²) in [6, 6.07) is 1.76. The zero-order valence-corrected chi connectivity index (χ0v) is 11.3. The molecule has 0 radical (unpaired) electrons. The van der Waals surface area contributed by atoms with Gasteiger partial charge in [-0.05, 0) is 32.8 Å². The zero-order chi connectivity index (χ0) is 13.8. The Hall–Kier alpha value is -1.78. The number of carbonyl (C=O) groups excluding carboxylic acids is 2. The van der Waals surface area contributed by atoms with Crippen LogP contribution in [0.3, 0.4) is 0 Å². The quantitative estimate of drug-likeness (QED) is 0.784. The highest BCUT2D eigenvalue weighted by Crippen LogP contribution is 2.21. The third kappa shape index (κ3) is 2.97. The zero-order valence-electron chi connectivity index (χ0n) is 11.3. The molecule has 19 heavy (non-hydrogen) atoms. The van der Waals surface area contributed by atoms with Gasteiger partial charge in [-0.25, -0.2) is 0 Å². The molecule has 1 saturated heterocycles. The molecule has 1 aliphatic rings. The van der Waals surface area contributed by atoms with E-state index in [2.05, 4.69) is 0 Å². The minimum atomic E-state index is -0.215. The van der Waals surface area contributed by atoms with Crippen molar-refractivity contribution in [2.45, 2.75) is 26.7 Å². The third-order valence-electron chi connectivity index (χ3n) is 3.38. The lowest BCUT2D eigenvalue weighted by Crippen LogP contribution is -2.42.